The molecule has 7 heteroatoms. The highest BCUT2D eigenvalue weighted by molar-refractivity contribution is 5.96. The Labute approximate surface area is 165 Å². The average Bonchev–Trinajstić information content (AvgIpc) is 2.62. The van der Waals surface area contributed by atoms with Gasteiger partial charge in [0, 0.05) is 13.1 Å². The van der Waals surface area contributed by atoms with Gasteiger partial charge >= 0.3 is 5.69 Å². The molecule has 2 rings (SSSR count). The molecule has 1 amide bonds. The molecule has 0 spiro atoms. The molecule has 0 saturated heterocycles. The molecule has 1 aromatic heterocycles. The summed E-state index contributed by atoms with van der Waals surface area (Å²) < 4.78 is 1.34. The van der Waals surface area contributed by atoms with Crippen molar-refractivity contribution in [2.75, 3.05) is 17.2 Å². The summed E-state index contributed by atoms with van der Waals surface area (Å²) in [5.74, 6) is -0.0627. The number of aromatic amines is 1. The maximum Gasteiger partial charge on any atom is 0.330 e. The molecule has 3 N–H and O–H groups in total. The van der Waals surface area contributed by atoms with Crippen LogP contribution in [0.5, 0.6) is 0 Å². The van der Waals surface area contributed by atoms with Crippen molar-refractivity contribution in [3.8, 4) is 0 Å². The smallest absolute Gasteiger partial charge is 0.330 e. The molecule has 0 aliphatic rings. The number of hydrogen-bond donors (Lipinski definition) is 2. The van der Waals surface area contributed by atoms with Gasteiger partial charge in [-0.05, 0) is 24.8 Å². The van der Waals surface area contributed by atoms with Gasteiger partial charge in [-0.25, -0.2) is 4.79 Å². The number of carbonyl (C=O) groups excluding carboxylic acids is 1. The Bertz CT molecular complexity index is 926. The van der Waals surface area contributed by atoms with Crippen molar-refractivity contribution in [3.63, 3.8) is 0 Å². The maximum atomic E-state index is 13.1. The van der Waals surface area contributed by atoms with Crippen molar-refractivity contribution in [2.24, 2.45) is 5.92 Å². The second-order valence-electron chi connectivity index (χ2n) is 7.56. The third-order valence-corrected chi connectivity index (χ3v) is 4.54. The molecule has 0 fully saturated rings. The van der Waals surface area contributed by atoms with Crippen LogP contribution in [0, 0.1) is 12.8 Å². The van der Waals surface area contributed by atoms with E-state index in [4.69, 9.17) is 5.73 Å². The molecular formula is C21H30N4O3. The normalized spacial score (nSPS) is 11.0. The number of H-pyrrole nitrogens is 1. The third kappa shape index (κ3) is 5.12. The number of unbranched alkanes of at least 4 members (excludes halogenated alkanes) is 1. The number of hydrogen-bond acceptors (Lipinski definition) is 4. The molecule has 152 valence electrons. The molecule has 0 radical (unpaired) electrons. The summed E-state index contributed by atoms with van der Waals surface area (Å²) in [6.07, 6.45) is 1.78. The molecule has 0 aliphatic carbocycles. The molecule has 1 heterocycles. The highest BCUT2D eigenvalue weighted by atomic mass is 16.2. The van der Waals surface area contributed by atoms with Crippen molar-refractivity contribution in [1.29, 1.82) is 0 Å². The molecule has 2 aromatic rings. The number of rotatable bonds is 8. The van der Waals surface area contributed by atoms with Crippen LogP contribution in [0.1, 0.15) is 44.7 Å². The number of nitrogens with one attached hydrogen (secondary N) is 1. The first kappa shape index (κ1) is 21.5. The minimum absolute atomic E-state index is 0.0418. The Kier molecular flexibility index (Phi) is 7.20. The van der Waals surface area contributed by atoms with Gasteiger partial charge in [-0.15, -0.1) is 0 Å². The minimum Gasteiger partial charge on any atom is -0.383 e. The molecular weight excluding hydrogens is 356 g/mol. The van der Waals surface area contributed by atoms with Crippen molar-refractivity contribution in [2.45, 2.75) is 53.5 Å². The molecule has 1 aromatic carbocycles. The zero-order chi connectivity index (χ0) is 20.8. The number of nitrogens with two attached hydrogens (primary N) is 1. The predicted molar refractivity (Wildman–Crippen MR) is 113 cm³/mol. The maximum absolute atomic E-state index is 13.1. The summed E-state index contributed by atoms with van der Waals surface area (Å²) in [4.78, 5) is 41.6. The van der Waals surface area contributed by atoms with Crippen LogP contribution < -0.4 is 21.9 Å². The van der Waals surface area contributed by atoms with Crippen LogP contribution in [-0.4, -0.2) is 22.0 Å². The lowest BCUT2D eigenvalue weighted by atomic mass is 10.1. The highest BCUT2D eigenvalue weighted by Gasteiger charge is 2.25. The monoisotopic (exact) mass is 386 g/mol. The summed E-state index contributed by atoms with van der Waals surface area (Å²) in [6.45, 7) is 8.64. The van der Waals surface area contributed by atoms with E-state index in [-0.39, 0.29) is 29.8 Å². The molecule has 0 atom stereocenters. The number of carbonyl (C=O) groups is 1. The van der Waals surface area contributed by atoms with Crippen molar-refractivity contribution < 1.29 is 4.79 Å². The van der Waals surface area contributed by atoms with E-state index in [1.165, 1.54) is 9.47 Å². The quantitative estimate of drug-likeness (QED) is 0.727. The molecule has 0 saturated carbocycles. The molecule has 28 heavy (non-hydrogen) atoms. The molecule has 0 aliphatic heterocycles. The van der Waals surface area contributed by atoms with E-state index in [0.29, 0.717) is 13.1 Å². The first-order valence-electron chi connectivity index (χ1n) is 9.73. The lowest BCUT2D eigenvalue weighted by Crippen LogP contribution is -2.43. The zero-order valence-corrected chi connectivity index (χ0v) is 17.1. The Morgan fingerprint density at radius 1 is 1.21 bits per heavy atom. The van der Waals surface area contributed by atoms with E-state index in [1.54, 1.807) is 0 Å². The fourth-order valence-electron chi connectivity index (χ4n) is 3.04. The summed E-state index contributed by atoms with van der Waals surface area (Å²) in [6, 6.07) is 7.69. The average molecular weight is 386 g/mol. The van der Waals surface area contributed by atoms with Gasteiger partial charge in [0.1, 0.15) is 5.82 Å². The van der Waals surface area contributed by atoms with Crippen LogP contribution in [-0.2, 0) is 17.8 Å². The SMILES string of the molecule is CCCCn1c(N)c(N(CC(C)C)C(=O)Cc2ccc(C)cc2)c(=O)[nH]c1=O. The van der Waals surface area contributed by atoms with E-state index < -0.39 is 11.2 Å². The van der Waals surface area contributed by atoms with E-state index >= 15 is 0 Å². The number of aryl methyl sites for hydroxylation is 1. The summed E-state index contributed by atoms with van der Waals surface area (Å²) in [5.41, 5.74) is 7.05. The first-order valence-corrected chi connectivity index (χ1v) is 9.73. The van der Waals surface area contributed by atoms with Gasteiger partial charge in [0.05, 0.1) is 6.42 Å². The Hall–Kier alpha value is -2.83. The number of amides is 1. The Balaban J connectivity index is 2.47. The zero-order valence-electron chi connectivity index (χ0n) is 17.1. The lowest BCUT2D eigenvalue weighted by Gasteiger charge is -2.26. The van der Waals surface area contributed by atoms with Crippen LogP contribution >= 0.6 is 0 Å². The summed E-state index contributed by atoms with van der Waals surface area (Å²) >= 11 is 0. The van der Waals surface area contributed by atoms with E-state index in [0.717, 1.165) is 24.0 Å². The summed E-state index contributed by atoms with van der Waals surface area (Å²) in [7, 11) is 0. The standard InChI is InChI=1S/C21H30N4O3/c1-5-6-11-24-19(22)18(20(27)23-21(24)28)25(13-14(2)3)17(26)12-16-9-7-15(4)8-10-16/h7-10,14H,5-6,11-13,22H2,1-4H3,(H,23,27,28). The van der Waals surface area contributed by atoms with Crippen LogP contribution in [0.4, 0.5) is 11.5 Å². The topological polar surface area (TPSA) is 101 Å². The Morgan fingerprint density at radius 2 is 1.86 bits per heavy atom. The largest absolute Gasteiger partial charge is 0.383 e. The number of benzene rings is 1. The van der Waals surface area contributed by atoms with E-state index in [2.05, 4.69) is 4.98 Å². The van der Waals surface area contributed by atoms with Gasteiger partial charge in [-0.2, -0.15) is 0 Å². The molecule has 7 nitrogen and oxygen atoms in total. The number of nitrogen functional groups attached to an aromatic ring is 1. The van der Waals surface area contributed by atoms with Gasteiger partial charge in [-0.3, -0.25) is 19.1 Å². The van der Waals surface area contributed by atoms with Crippen LogP contribution in [0.2, 0.25) is 0 Å². The lowest BCUT2D eigenvalue weighted by molar-refractivity contribution is -0.118. The minimum atomic E-state index is -0.631. The van der Waals surface area contributed by atoms with Crippen molar-refractivity contribution in [1.82, 2.24) is 9.55 Å². The van der Waals surface area contributed by atoms with Gasteiger partial charge in [-0.1, -0.05) is 57.0 Å². The van der Waals surface area contributed by atoms with E-state index in [1.807, 2.05) is 52.0 Å². The number of anilines is 2. The Morgan fingerprint density at radius 3 is 2.43 bits per heavy atom. The first-order chi connectivity index (χ1) is 13.2. The third-order valence-electron chi connectivity index (χ3n) is 4.54. The molecule has 0 unspecified atom stereocenters. The van der Waals surface area contributed by atoms with Gasteiger partial charge in [0.15, 0.2) is 5.69 Å². The fraction of sp³-hybridized carbons (Fsp3) is 0.476. The van der Waals surface area contributed by atoms with Crippen LogP contribution in [0.3, 0.4) is 0 Å². The van der Waals surface area contributed by atoms with Crippen molar-refractivity contribution in [3.05, 3.63) is 56.2 Å². The highest BCUT2D eigenvalue weighted by Crippen LogP contribution is 2.20. The fourth-order valence-corrected chi connectivity index (χ4v) is 3.04. The predicted octanol–water partition coefficient (Wildman–Crippen LogP) is 2.46. The number of nitrogens with zero attached hydrogens (tertiary/aromatic N) is 2. The summed E-state index contributed by atoms with van der Waals surface area (Å²) in [5, 5.41) is 0. The second-order valence-corrected chi connectivity index (χ2v) is 7.56. The molecule has 0 bridgehead atoms. The van der Waals surface area contributed by atoms with Gasteiger partial charge in [0.2, 0.25) is 5.91 Å². The number of aromatic nitrogens is 2. The van der Waals surface area contributed by atoms with Crippen molar-refractivity contribution >= 4 is 17.4 Å². The second kappa shape index (κ2) is 9.39. The van der Waals surface area contributed by atoms with Crippen LogP contribution in [0.15, 0.2) is 33.9 Å². The van der Waals surface area contributed by atoms with E-state index in [9.17, 15) is 14.4 Å². The van der Waals surface area contributed by atoms with Crippen LogP contribution in [0.25, 0.3) is 0 Å². The van der Waals surface area contributed by atoms with Gasteiger partial charge < -0.3 is 10.6 Å². The van der Waals surface area contributed by atoms with Gasteiger partial charge in [0.25, 0.3) is 5.56 Å².